The van der Waals surface area contributed by atoms with E-state index in [1.165, 1.54) is 11.1 Å². The number of aliphatic hydroxyl groups excluding tert-OH is 1. The summed E-state index contributed by atoms with van der Waals surface area (Å²) >= 11 is 0. The molecule has 0 radical (unpaired) electrons. The molecule has 4 heteroatoms. The number of rotatable bonds is 4. The predicted octanol–water partition coefficient (Wildman–Crippen LogP) is 2.22. The standard InChI is InChI=1S/C17H25NO3/c1-5-17-10(2)12(19)8-14(17)21-16-13(20-4)7-6-11(9-18-3)15(16)17/h6-7,10,12,14,18-19H,5,8-9H2,1-4H3/t10?,12-,14+,17-/m1/s1. The van der Waals surface area contributed by atoms with Crippen molar-refractivity contribution in [2.45, 2.75) is 50.9 Å². The van der Waals surface area contributed by atoms with E-state index in [0.717, 1.165) is 24.5 Å². The van der Waals surface area contributed by atoms with Gasteiger partial charge in [-0.2, -0.15) is 0 Å². The first-order valence-electron chi connectivity index (χ1n) is 7.79. The molecular formula is C17H25NO3. The van der Waals surface area contributed by atoms with Crippen LogP contribution in [0.15, 0.2) is 12.1 Å². The zero-order valence-corrected chi connectivity index (χ0v) is 13.3. The monoisotopic (exact) mass is 291 g/mol. The summed E-state index contributed by atoms with van der Waals surface area (Å²) in [6.45, 7) is 5.14. The molecule has 1 aromatic carbocycles. The average Bonchev–Trinajstić information content (AvgIpc) is 2.93. The molecule has 116 valence electrons. The topological polar surface area (TPSA) is 50.7 Å². The summed E-state index contributed by atoms with van der Waals surface area (Å²) in [5.74, 6) is 1.88. The van der Waals surface area contributed by atoms with Crippen LogP contribution in [0, 0.1) is 5.92 Å². The van der Waals surface area contributed by atoms with Crippen LogP contribution in [-0.4, -0.2) is 31.5 Å². The van der Waals surface area contributed by atoms with E-state index in [4.69, 9.17) is 9.47 Å². The predicted molar refractivity (Wildman–Crippen MR) is 81.9 cm³/mol. The number of fused-ring (bicyclic) bond motifs is 3. The highest BCUT2D eigenvalue weighted by molar-refractivity contribution is 5.59. The van der Waals surface area contributed by atoms with E-state index in [1.54, 1.807) is 7.11 Å². The molecule has 4 atom stereocenters. The molecule has 0 bridgehead atoms. The second-order valence-electron chi connectivity index (χ2n) is 6.25. The Bertz CT molecular complexity index is 545. The van der Waals surface area contributed by atoms with Crippen molar-refractivity contribution in [3.63, 3.8) is 0 Å². The van der Waals surface area contributed by atoms with Crippen molar-refractivity contribution in [3.8, 4) is 11.5 Å². The van der Waals surface area contributed by atoms with Crippen LogP contribution in [0.2, 0.25) is 0 Å². The largest absolute Gasteiger partial charge is 0.493 e. The summed E-state index contributed by atoms with van der Waals surface area (Å²) in [4.78, 5) is 0. The van der Waals surface area contributed by atoms with Crippen molar-refractivity contribution in [2.75, 3.05) is 14.2 Å². The highest BCUT2D eigenvalue weighted by atomic mass is 16.5. The van der Waals surface area contributed by atoms with E-state index in [9.17, 15) is 5.11 Å². The van der Waals surface area contributed by atoms with Gasteiger partial charge in [-0.3, -0.25) is 0 Å². The quantitative estimate of drug-likeness (QED) is 0.893. The molecule has 1 aliphatic carbocycles. The third-order valence-electron chi connectivity index (χ3n) is 5.53. The molecule has 2 N–H and O–H groups in total. The van der Waals surface area contributed by atoms with Gasteiger partial charge in [-0.05, 0) is 31.0 Å². The van der Waals surface area contributed by atoms with Crippen molar-refractivity contribution >= 4 is 0 Å². The van der Waals surface area contributed by atoms with E-state index in [-0.39, 0.29) is 23.5 Å². The Labute approximate surface area is 126 Å². The molecular weight excluding hydrogens is 266 g/mol. The maximum Gasteiger partial charge on any atom is 0.165 e. The highest BCUT2D eigenvalue weighted by Gasteiger charge is 2.59. The van der Waals surface area contributed by atoms with Gasteiger partial charge >= 0.3 is 0 Å². The smallest absolute Gasteiger partial charge is 0.165 e. The first kappa shape index (κ1) is 14.7. The molecule has 0 amide bonds. The van der Waals surface area contributed by atoms with Crippen LogP contribution in [0.25, 0.3) is 0 Å². The lowest BCUT2D eigenvalue weighted by Crippen LogP contribution is -2.38. The molecule has 0 saturated heterocycles. The lowest BCUT2D eigenvalue weighted by Gasteiger charge is -2.33. The van der Waals surface area contributed by atoms with Crippen LogP contribution in [0.1, 0.15) is 37.8 Å². The highest BCUT2D eigenvalue weighted by Crippen LogP contribution is 2.59. The van der Waals surface area contributed by atoms with Gasteiger partial charge in [-0.15, -0.1) is 0 Å². The van der Waals surface area contributed by atoms with E-state index in [2.05, 4.69) is 25.2 Å². The van der Waals surface area contributed by atoms with Gasteiger partial charge < -0.3 is 19.9 Å². The number of hydrogen-bond acceptors (Lipinski definition) is 4. The molecule has 1 aliphatic heterocycles. The fraction of sp³-hybridized carbons (Fsp3) is 0.647. The SMILES string of the molecule is CC[C@]12c3c(CNC)ccc(OC)c3O[C@H]1C[C@@H](O)C2C. The second-order valence-corrected chi connectivity index (χ2v) is 6.25. The third kappa shape index (κ3) is 1.82. The Morgan fingerprint density at radius 2 is 2.24 bits per heavy atom. The van der Waals surface area contributed by atoms with E-state index in [1.807, 2.05) is 13.1 Å². The summed E-state index contributed by atoms with van der Waals surface area (Å²) < 4.78 is 11.8. The molecule has 0 aromatic heterocycles. The Morgan fingerprint density at radius 3 is 2.86 bits per heavy atom. The Hall–Kier alpha value is -1.26. The summed E-state index contributed by atoms with van der Waals surface area (Å²) in [6, 6.07) is 4.10. The van der Waals surface area contributed by atoms with E-state index < -0.39 is 0 Å². The Kier molecular flexibility index (Phi) is 3.62. The van der Waals surface area contributed by atoms with Crippen LogP contribution >= 0.6 is 0 Å². The molecule has 2 aliphatic rings. The third-order valence-corrected chi connectivity index (χ3v) is 5.53. The number of nitrogens with one attached hydrogen (secondary N) is 1. The van der Waals surface area contributed by atoms with E-state index in [0.29, 0.717) is 6.42 Å². The summed E-state index contributed by atoms with van der Waals surface area (Å²) in [5, 5.41) is 13.6. The van der Waals surface area contributed by atoms with Crippen LogP contribution in [0.4, 0.5) is 0 Å². The summed E-state index contributed by atoms with van der Waals surface area (Å²) in [5.41, 5.74) is 2.39. The van der Waals surface area contributed by atoms with Crippen molar-refractivity contribution in [1.82, 2.24) is 5.32 Å². The molecule has 3 rings (SSSR count). The molecule has 4 nitrogen and oxygen atoms in total. The van der Waals surface area contributed by atoms with Gasteiger partial charge in [0.05, 0.1) is 13.2 Å². The Morgan fingerprint density at radius 1 is 1.48 bits per heavy atom. The van der Waals surface area contributed by atoms with Crippen LogP contribution in [0.5, 0.6) is 11.5 Å². The van der Waals surface area contributed by atoms with Gasteiger partial charge in [0.25, 0.3) is 0 Å². The lowest BCUT2D eigenvalue weighted by atomic mass is 9.69. The van der Waals surface area contributed by atoms with Crippen LogP contribution < -0.4 is 14.8 Å². The Balaban J connectivity index is 2.22. The van der Waals surface area contributed by atoms with Crippen molar-refractivity contribution < 1.29 is 14.6 Å². The normalized spacial score (nSPS) is 33.5. The van der Waals surface area contributed by atoms with Gasteiger partial charge in [-0.1, -0.05) is 19.9 Å². The van der Waals surface area contributed by atoms with Gasteiger partial charge in [0, 0.05) is 23.9 Å². The minimum Gasteiger partial charge on any atom is -0.493 e. The number of benzene rings is 1. The molecule has 1 aromatic rings. The molecule has 1 fully saturated rings. The zero-order valence-electron chi connectivity index (χ0n) is 13.3. The van der Waals surface area contributed by atoms with Gasteiger partial charge in [-0.25, -0.2) is 0 Å². The average molecular weight is 291 g/mol. The molecule has 0 spiro atoms. The number of methoxy groups -OCH3 is 1. The minimum atomic E-state index is -0.295. The minimum absolute atomic E-state index is 0.0504. The lowest BCUT2D eigenvalue weighted by molar-refractivity contribution is 0.116. The van der Waals surface area contributed by atoms with Crippen LogP contribution in [-0.2, 0) is 12.0 Å². The van der Waals surface area contributed by atoms with Crippen molar-refractivity contribution in [2.24, 2.45) is 5.92 Å². The van der Waals surface area contributed by atoms with Crippen molar-refractivity contribution in [3.05, 3.63) is 23.3 Å². The maximum absolute atomic E-state index is 10.3. The number of aliphatic hydroxyl groups is 1. The first-order valence-corrected chi connectivity index (χ1v) is 7.79. The fourth-order valence-electron chi connectivity index (χ4n) is 4.41. The first-order chi connectivity index (χ1) is 10.1. The number of ether oxygens (including phenoxy) is 2. The van der Waals surface area contributed by atoms with Crippen molar-refractivity contribution in [1.29, 1.82) is 0 Å². The van der Waals surface area contributed by atoms with Gasteiger partial charge in [0.2, 0.25) is 0 Å². The maximum atomic E-state index is 10.3. The summed E-state index contributed by atoms with van der Waals surface area (Å²) in [7, 11) is 3.64. The second kappa shape index (κ2) is 5.18. The fourth-order valence-corrected chi connectivity index (χ4v) is 4.41. The van der Waals surface area contributed by atoms with Crippen LogP contribution in [0.3, 0.4) is 0 Å². The molecule has 21 heavy (non-hydrogen) atoms. The molecule has 1 heterocycles. The summed E-state index contributed by atoms with van der Waals surface area (Å²) in [6.07, 6.45) is 1.42. The van der Waals surface area contributed by atoms with Gasteiger partial charge in [0.15, 0.2) is 11.5 Å². The molecule has 1 unspecified atom stereocenters. The zero-order chi connectivity index (χ0) is 15.2. The van der Waals surface area contributed by atoms with Gasteiger partial charge in [0.1, 0.15) is 6.10 Å². The number of hydrogen-bond donors (Lipinski definition) is 2. The molecule has 1 saturated carbocycles. The van der Waals surface area contributed by atoms with E-state index >= 15 is 0 Å².